The molecular formula is C11H21NO4. The van der Waals surface area contributed by atoms with Gasteiger partial charge in [0.05, 0.1) is 25.4 Å². The summed E-state index contributed by atoms with van der Waals surface area (Å²) in [6, 6.07) is -0.542. The van der Waals surface area contributed by atoms with Crippen LogP contribution in [0.15, 0.2) is 0 Å². The van der Waals surface area contributed by atoms with Crippen molar-refractivity contribution in [2.75, 3.05) is 19.8 Å². The average Bonchev–Trinajstić information content (AvgIpc) is 2.34. The van der Waals surface area contributed by atoms with Crippen LogP contribution in [0.3, 0.4) is 0 Å². The number of rotatable bonds is 6. The molecule has 94 valence electrons. The molecule has 1 aliphatic heterocycles. The second-order valence-electron chi connectivity index (χ2n) is 4.16. The summed E-state index contributed by atoms with van der Waals surface area (Å²) in [5.41, 5.74) is 0. The molecule has 0 spiro atoms. The molecule has 1 fully saturated rings. The van der Waals surface area contributed by atoms with Gasteiger partial charge in [-0.2, -0.15) is 0 Å². The van der Waals surface area contributed by atoms with Gasteiger partial charge in [0.1, 0.15) is 0 Å². The van der Waals surface area contributed by atoms with Gasteiger partial charge in [-0.25, -0.2) is 0 Å². The first kappa shape index (κ1) is 13.4. The molecule has 1 heterocycles. The third-order valence-electron chi connectivity index (χ3n) is 2.77. The Hall–Kier alpha value is -0.650. The van der Waals surface area contributed by atoms with E-state index in [2.05, 4.69) is 5.32 Å². The summed E-state index contributed by atoms with van der Waals surface area (Å²) in [5, 5.41) is 20.1. The quantitative estimate of drug-likeness (QED) is 0.592. The molecule has 1 aliphatic rings. The van der Waals surface area contributed by atoms with Crippen molar-refractivity contribution >= 4 is 5.91 Å². The van der Waals surface area contributed by atoms with E-state index in [-0.39, 0.29) is 25.2 Å². The number of aliphatic hydroxyl groups excluding tert-OH is 2. The molecule has 0 radical (unpaired) electrons. The number of hydrogen-bond donors (Lipinski definition) is 3. The van der Waals surface area contributed by atoms with Crippen LogP contribution in [0.2, 0.25) is 0 Å². The van der Waals surface area contributed by atoms with E-state index in [0.29, 0.717) is 6.42 Å². The Bertz CT molecular complexity index is 200. The van der Waals surface area contributed by atoms with Crippen LogP contribution >= 0.6 is 0 Å². The minimum absolute atomic E-state index is 0.137. The lowest BCUT2D eigenvalue weighted by Crippen LogP contribution is -2.40. The SMILES string of the molecule is O=C(CCC1CCCCO1)NC(CO)CO. The van der Waals surface area contributed by atoms with E-state index in [4.69, 9.17) is 14.9 Å². The molecule has 0 aromatic heterocycles. The molecule has 0 aliphatic carbocycles. The van der Waals surface area contributed by atoms with Gasteiger partial charge in [0.2, 0.25) is 5.91 Å². The van der Waals surface area contributed by atoms with Crippen LogP contribution in [0.4, 0.5) is 0 Å². The summed E-state index contributed by atoms with van der Waals surface area (Å²) in [4.78, 5) is 11.4. The summed E-state index contributed by atoms with van der Waals surface area (Å²) in [6.45, 7) is 0.326. The van der Waals surface area contributed by atoms with Crippen molar-refractivity contribution in [1.82, 2.24) is 5.32 Å². The standard InChI is InChI=1S/C11H21NO4/c13-7-9(8-14)12-11(15)5-4-10-3-1-2-6-16-10/h9-10,13-14H,1-8H2,(H,12,15). The van der Waals surface area contributed by atoms with E-state index in [9.17, 15) is 4.79 Å². The minimum Gasteiger partial charge on any atom is -0.394 e. The van der Waals surface area contributed by atoms with Gasteiger partial charge < -0.3 is 20.3 Å². The largest absolute Gasteiger partial charge is 0.394 e. The predicted octanol–water partition coefficient (Wildman–Crippen LogP) is -0.195. The van der Waals surface area contributed by atoms with Crippen LogP contribution in [0.1, 0.15) is 32.1 Å². The third kappa shape index (κ3) is 4.92. The van der Waals surface area contributed by atoms with Crippen LogP contribution in [0.25, 0.3) is 0 Å². The van der Waals surface area contributed by atoms with Crippen molar-refractivity contribution in [3.05, 3.63) is 0 Å². The van der Waals surface area contributed by atoms with Crippen molar-refractivity contribution in [3.8, 4) is 0 Å². The maximum Gasteiger partial charge on any atom is 0.220 e. The highest BCUT2D eigenvalue weighted by molar-refractivity contribution is 5.76. The van der Waals surface area contributed by atoms with Crippen molar-refractivity contribution < 1.29 is 19.7 Å². The van der Waals surface area contributed by atoms with Gasteiger partial charge >= 0.3 is 0 Å². The molecular weight excluding hydrogens is 210 g/mol. The number of carbonyl (C=O) groups is 1. The summed E-state index contributed by atoms with van der Waals surface area (Å²) in [7, 11) is 0. The number of nitrogens with one attached hydrogen (secondary N) is 1. The molecule has 1 amide bonds. The normalized spacial score (nSPS) is 21.1. The van der Waals surface area contributed by atoms with E-state index >= 15 is 0 Å². The average molecular weight is 231 g/mol. The molecule has 16 heavy (non-hydrogen) atoms. The molecule has 0 bridgehead atoms. The number of ether oxygens (including phenoxy) is 1. The molecule has 0 aromatic carbocycles. The molecule has 0 aromatic rings. The molecule has 1 unspecified atom stereocenters. The number of aliphatic hydroxyl groups is 2. The zero-order valence-corrected chi connectivity index (χ0v) is 9.52. The van der Waals surface area contributed by atoms with E-state index < -0.39 is 6.04 Å². The van der Waals surface area contributed by atoms with Crippen molar-refractivity contribution in [2.24, 2.45) is 0 Å². The van der Waals surface area contributed by atoms with Gasteiger partial charge in [-0.05, 0) is 25.7 Å². The van der Waals surface area contributed by atoms with Crippen molar-refractivity contribution in [2.45, 2.75) is 44.2 Å². The summed E-state index contributed by atoms with van der Waals surface area (Å²) >= 11 is 0. The molecule has 5 heteroatoms. The first-order valence-corrected chi connectivity index (χ1v) is 5.89. The summed E-state index contributed by atoms with van der Waals surface area (Å²) < 4.78 is 5.51. The van der Waals surface area contributed by atoms with E-state index in [1.807, 2.05) is 0 Å². The molecule has 3 N–H and O–H groups in total. The lowest BCUT2D eigenvalue weighted by Gasteiger charge is -2.22. The van der Waals surface area contributed by atoms with Gasteiger partial charge in [-0.15, -0.1) is 0 Å². The second kappa shape index (κ2) is 7.60. The zero-order chi connectivity index (χ0) is 11.8. The fraction of sp³-hybridized carbons (Fsp3) is 0.909. The van der Waals surface area contributed by atoms with E-state index in [1.54, 1.807) is 0 Å². The molecule has 0 saturated carbocycles. The lowest BCUT2D eigenvalue weighted by molar-refractivity contribution is -0.123. The Morgan fingerprint density at radius 2 is 2.12 bits per heavy atom. The monoisotopic (exact) mass is 231 g/mol. The maximum absolute atomic E-state index is 11.4. The van der Waals surface area contributed by atoms with Crippen LogP contribution in [0, 0.1) is 0 Å². The Kier molecular flexibility index (Phi) is 6.37. The minimum atomic E-state index is -0.542. The van der Waals surface area contributed by atoms with Crippen molar-refractivity contribution in [1.29, 1.82) is 0 Å². The Labute approximate surface area is 95.8 Å². The number of hydrogen-bond acceptors (Lipinski definition) is 4. The van der Waals surface area contributed by atoms with E-state index in [1.165, 1.54) is 6.42 Å². The van der Waals surface area contributed by atoms with Gasteiger partial charge in [0, 0.05) is 13.0 Å². The first-order chi connectivity index (χ1) is 7.76. The maximum atomic E-state index is 11.4. The van der Waals surface area contributed by atoms with Crippen LogP contribution in [-0.4, -0.2) is 48.1 Å². The fourth-order valence-corrected chi connectivity index (χ4v) is 1.78. The third-order valence-corrected chi connectivity index (χ3v) is 2.77. The summed E-state index contributed by atoms with van der Waals surface area (Å²) in [5.74, 6) is -0.137. The number of amides is 1. The molecule has 1 rings (SSSR count). The Morgan fingerprint density at radius 1 is 1.38 bits per heavy atom. The fourth-order valence-electron chi connectivity index (χ4n) is 1.78. The highest BCUT2D eigenvalue weighted by Gasteiger charge is 2.16. The molecule has 1 atom stereocenters. The van der Waals surface area contributed by atoms with Crippen LogP contribution in [0.5, 0.6) is 0 Å². The van der Waals surface area contributed by atoms with Gasteiger partial charge in [-0.3, -0.25) is 4.79 Å². The predicted molar refractivity (Wildman–Crippen MR) is 58.9 cm³/mol. The Balaban J connectivity index is 2.13. The molecule has 5 nitrogen and oxygen atoms in total. The van der Waals surface area contributed by atoms with Gasteiger partial charge in [0.25, 0.3) is 0 Å². The second-order valence-corrected chi connectivity index (χ2v) is 4.16. The molecule has 1 saturated heterocycles. The number of carbonyl (C=O) groups excluding carboxylic acids is 1. The summed E-state index contributed by atoms with van der Waals surface area (Å²) in [6.07, 6.45) is 4.61. The first-order valence-electron chi connectivity index (χ1n) is 5.89. The van der Waals surface area contributed by atoms with E-state index in [0.717, 1.165) is 25.9 Å². The van der Waals surface area contributed by atoms with Crippen molar-refractivity contribution in [3.63, 3.8) is 0 Å². The van der Waals surface area contributed by atoms with Crippen LogP contribution in [-0.2, 0) is 9.53 Å². The smallest absolute Gasteiger partial charge is 0.220 e. The van der Waals surface area contributed by atoms with Crippen LogP contribution < -0.4 is 5.32 Å². The highest BCUT2D eigenvalue weighted by atomic mass is 16.5. The zero-order valence-electron chi connectivity index (χ0n) is 9.52. The lowest BCUT2D eigenvalue weighted by atomic mass is 10.0. The highest BCUT2D eigenvalue weighted by Crippen LogP contribution is 2.16. The Morgan fingerprint density at radius 3 is 2.69 bits per heavy atom. The van der Waals surface area contributed by atoms with Gasteiger partial charge in [-0.1, -0.05) is 0 Å². The van der Waals surface area contributed by atoms with Gasteiger partial charge in [0.15, 0.2) is 0 Å². The topological polar surface area (TPSA) is 78.8 Å².